The van der Waals surface area contributed by atoms with E-state index in [4.69, 9.17) is 0 Å². The smallest absolute Gasteiger partial charge is 0.158 e. The zero-order chi connectivity index (χ0) is 13.8. The first-order valence-electron chi connectivity index (χ1n) is 7.86. The Morgan fingerprint density at radius 1 is 1.26 bits per heavy atom. The first kappa shape index (κ1) is 13.4. The van der Waals surface area contributed by atoms with Gasteiger partial charge in [-0.3, -0.25) is 4.79 Å². The summed E-state index contributed by atoms with van der Waals surface area (Å²) < 4.78 is 0. The third-order valence-corrected chi connectivity index (χ3v) is 6.51. The van der Waals surface area contributed by atoms with Crippen molar-refractivity contribution >= 4 is 5.78 Å². The third-order valence-electron chi connectivity index (χ3n) is 6.51. The van der Waals surface area contributed by atoms with E-state index in [1.165, 1.54) is 12.0 Å². The van der Waals surface area contributed by atoms with E-state index in [2.05, 4.69) is 6.92 Å². The van der Waals surface area contributed by atoms with Crippen LogP contribution in [0.15, 0.2) is 11.1 Å². The van der Waals surface area contributed by atoms with Gasteiger partial charge in [-0.25, -0.2) is 0 Å². The molecule has 5 atom stereocenters. The van der Waals surface area contributed by atoms with Crippen molar-refractivity contribution in [1.82, 2.24) is 0 Å². The molecule has 0 aromatic heterocycles. The number of hydrogen-bond donors (Lipinski definition) is 1. The molecule has 3 aliphatic carbocycles. The monoisotopic (exact) mass is 262 g/mol. The largest absolute Gasteiger partial charge is 0.393 e. The van der Waals surface area contributed by atoms with Crippen LogP contribution in [0.25, 0.3) is 0 Å². The number of fused-ring (bicyclic) bond motifs is 3. The van der Waals surface area contributed by atoms with Gasteiger partial charge in [-0.05, 0) is 74.7 Å². The van der Waals surface area contributed by atoms with Crippen molar-refractivity contribution < 1.29 is 9.90 Å². The number of carbonyl (C=O) groups is 1. The molecule has 2 heteroatoms. The molecule has 0 heterocycles. The lowest BCUT2D eigenvalue weighted by atomic mass is 9.56. The Kier molecular flexibility index (Phi) is 3.12. The molecule has 0 spiro atoms. The Labute approximate surface area is 116 Å². The Morgan fingerprint density at radius 3 is 2.68 bits per heavy atom. The summed E-state index contributed by atoms with van der Waals surface area (Å²) in [7, 11) is 0. The molecular formula is C17H26O2. The number of Topliss-reactive ketones (excluding diaryl/α,β-unsaturated/α-hetero) is 1. The van der Waals surface area contributed by atoms with E-state index in [1.54, 1.807) is 0 Å². The van der Waals surface area contributed by atoms with Crippen LogP contribution in [0.5, 0.6) is 0 Å². The van der Waals surface area contributed by atoms with Crippen molar-refractivity contribution in [2.45, 2.75) is 65.4 Å². The lowest BCUT2D eigenvalue weighted by Crippen LogP contribution is -2.42. The molecule has 3 rings (SSSR count). The van der Waals surface area contributed by atoms with Crippen molar-refractivity contribution in [3.8, 4) is 0 Å². The maximum Gasteiger partial charge on any atom is 0.158 e. The third kappa shape index (κ3) is 1.83. The predicted molar refractivity (Wildman–Crippen MR) is 75.7 cm³/mol. The number of aliphatic hydroxyl groups is 1. The Hall–Kier alpha value is -0.630. The molecule has 0 bridgehead atoms. The van der Waals surface area contributed by atoms with Gasteiger partial charge in [0.1, 0.15) is 0 Å². The lowest BCUT2D eigenvalue weighted by Gasteiger charge is -2.48. The average molecular weight is 262 g/mol. The maximum absolute atomic E-state index is 11.9. The Bertz CT molecular complexity index is 435. The van der Waals surface area contributed by atoms with Crippen LogP contribution < -0.4 is 0 Å². The quantitative estimate of drug-likeness (QED) is 0.785. The van der Waals surface area contributed by atoms with Crippen molar-refractivity contribution in [3.05, 3.63) is 11.1 Å². The highest BCUT2D eigenvalue weighted by Gasteiger charge is 2.54. The van der Waals surface area contributed by atoms with Crippen LogP contribution >= 0.6 is 0 Å². The molecule has 19 heavy (non-hydrogen) atoms. The number of ketones is 1. The molecule has 5 unspecified atom stereocenters. The summed E-state index contributed by atoms with van der Waals surface area (Å²) in [4.78, 5) is 11.9. The molecule has 3 aliphatic rings. The topological polar surface area (TPSA) is 37.3 Å². The first-order chi connectivity index (χ1) is 8.95. The zero-order valence-electron chi connectivity index (χ0n) is 12.4. The number of aliphatic hydroxyl groups excluding tert-OH is 1. The van der Waals surface area contributed by atoms with E-state index in [-0.39, 0.29) is 6.10 Å². The minimum absolute atomic E-state index is 0.188. The fourth-order valence-corrected chi connectivity index (χ4v) is 5.44. The van der Waals surface area contributed by atoms with Crippen LogP contribution in [0, 0.1) is 23.2 Å². The highest BCUT2D eigenvalue weighted by Crippen LogP contribution is 2.61. The molecular weight excluding hydrogens is 236 g/mol. The van der Waals surface area contributed by atoms with Gasteiger partial charge >= 0.3 is 0 Å². The van der Waals surface area contributed by atoms with Gasteiger partial charge in [-0.2, -0.15) is 0 Å². The summed E-state index contributed by atoms with van der Waals surface area (Å²) in [5, 5.41) is 10.1. The second-order valence-electron chi connectivity index (χ2n) is 7.26. The van der Waals surface area contributed by atoms with Gasteiger partial charge in [0, 0.05) is 6.42 Å². The van der Waals surface area contributed by atoms with E-state index in [0.29, 0.717) is 29.0 Å². The van der Waals surface area contributed by atoms with Crippen LogP contribution in [0.1, 0.15) is 59.3 Å². The molecule has 2 nitrogen and oxygen atoms in total. The predicted octanol–water partition coefficient (Wildman–Crippen LogP) is 3.49. The molecule has 0 aliphatic heterocycles. The normalized spacial score (nSPS) is 44.0. The zero-order valence-corrected chi connectivity index (χ0v) is 12.4. The molecule has 0 aromatic rings. The summed E-state index contributed by atoms with van der Waals surface area (Å²) in [6, 6.07) is 0. The molecule has 2 fully saturated rings. The second-order valence-corrected chi connectivity index (χ2v) is 7.26. The van der Waals surface area contributed by atoms with E-state index < -0.39 is 0 Å². The van der Waals surface area contributed by atoms with Gasteiger partial charge in [0.15, 0.2) is 5.78 Å². The number of hydrogen-bond acceptors (Lipinski definition) is 2. The lowest BCUT2D eigenvalue weighted by molar-refractivity contribution is -0.117. The highest BCUT2D eigenvalue weighted by atomic mass is 16.3. The van der Waals surface area contributed by atoms with Crippen LogP contribution in [0.3, 0.4) is 0 Å². The van der Waals surface area contributed by atoms with Crippen molar-refractivity contribution in [1.29, 1.82) is 0 Å². The minimum atomic E-state index is -0.188. The van der Waals surface area contributed by atoms with Gasteiger partial charge in [0.25, 0.3) is 0 Å². The molecule has 2 saturated carbocycles. The second kappa shape index (κ2) is 4.44. The van der Waals surface area contributed by atoms with Crippen LogP contribution in [0.2, 0.25) is 0 Å². The van der Waals surface area contributed by atoms with Gasteiger partial charge in [-0.1, -0.05) is 12.5 Å². The van der Waals surface area contributed by atoms with E-state index >= 15 is 0 Å². The van der Waals surface area contributed by atoms with E-state index in [0.717, 1.165) is 37.7 Å². The van der Waals surface area contributed by atoms with Crippen LogP contribution in [-0.4, -0.2) is 17.0 Å². The summed E-state index contributed by atoms with van der Waals surface area (Å²) in [5.74, 6) is 2.15. The highest BCUT2D eigenvalue weighted by molar-refractivity contribution is 5.96. The SMILES string of the molecule is CC1=C2CCC3(C)C(C(C)O)CCC3C2CCC1=O. The van der Waals surface area contributed by atoms with Crippen molar-refractivity contribution in [3.63, 3.8) is 0 Å². The fraction of sp³-hybridized carbons (Fsp3) is 0.824. The minimum Gasteiger partial charge on any atom is -0.393 e. The molecule has 1 N–H and O–H groups in total. The average Bonchev–Trinajstić information content (AvgIpc) is 2.71. The van der Waals surface area contributed by atoms with Crippen LogP contribution in [0.4, 0.5) is 0 Å². The first-order valence-corrected chi connectivity index (χ1v) is 7.86. The molecule has 0 aromatic carbocycles. The van der Waals surface area contributed by atoms with Gasteiger partial charge < -0.3 is 5.11 Å². The summed E-state index contributed by atoms with van der Waals surface area (Å²) in [5.41, 5.74) is 2.83. The molecule has 0 saturated heterocycles. The summed E-state index contributed by atoms with van der Waals surface area (Å²) >= 11 is 0. The van der Waals surface area contributed by atoms with Gasteiger partial charge in [-0.15, -0.1) is 0 Å². The summed E-state index contributed by atoms with van der Waals surface area (Å²) in [6.45, 7) is 6.39. The van der Waals surface area contributed by atoms with Gasteiger partial charge in [0.05, 0.1) is 6.10 Å². The van der Waals surface area contributed by atoms with Crippen molar-refractivity contribution in [2.24, 2.45) is 23.2 Å². The number of allylic oxidation sites excluding steroid dienone is 2. The molecule has 106 valence electrons. The molecule has 0 amide bonds. The number of rotatable bonds is 1. The van der Waals surface area contributed by atoms with Crippen molar-refractivity contribution in [2.75, 3.05) is 0 Å². The molecule has 0 radical (unpaired) electrons. The Balaban J connectivity index is 1.95. The number of carbonyl (C=O) groups excluding carboxylic acids is 1. The maximum atomic E-state index is 11.9. The Morgan fingerprint density at radius 2 is 2.00 bits per heavy atom. The van der Waals surface area contributed by atoms with Gasteiger partial charge in [0.2, 0.25) is 0 Å². The standard InChI is InChI=1S/C17H26O2/c1-10-12-8-9-17(3)14(11(2)18)5-6-15(17)13(12)4-7-16(10)19/h11,13-15,18H,4-9H2,1-3H3. The fourth-order valence-electron chi connectivity index (χ4n) is 5.44. The van der Waals surface area contributed by atoms with E-state index in [9.17, 15) is 9.90 Å². The van der Waals surface area contributed by atoms with E-state index in [1.807, 2.05) is 13.8 Å². The summed E-state index contributed by atoms with van der Waals surface area (Å²) in [6.07, 6.45) is 6.25. The van der Waals surface area contributed by atoms with Crippen LogP contribution in [-0.2, 0) is 4.79 Å².